The summed E-state index contributed by atoms with van der Waals surface area (Å²) >= 11 is 0. The molecular weight excluding hydrogens is 1150 g/mol. The van der Waals surface area contributed by atoms with E-state index in [4.69, 9.17) is 39.9 Å². The van der Waals surface area contributed by atoms with Crippen LogP contribution in [0, 0.1) is 0 Å². The SMILES string of the molecule is c1ccc(-c2nc(-c3ccccc3)nc(-c3cncc(-n4c5ccc6ccccc6c5c5c6ccccc6ccc54)c3)n2)cc1.c1ccc(-c2nc(-c3cncc(-n4c5ccc6ccccc6c5c5c6ccccc6ccc54)c3)nc(-c3ccc4ccccc4c3)n2)cc1. The van der Waals surface area contributed by atoms with Crippen molar-refractivity contribution in [1.29, 1.82) is 0 Å². The molecular formula is C84H52N10. The number of benzene rings is 13. The Hall–Kier alpha value is -12.9. The largest absolute Gasteiger partial charge is 0.308 e. The van der Waals surface area contributed by atoms with E-state index in [9.17, 15) is 0 Å². The summed E-state index contributed by atoms with van der Waals surface area (Å²) in [6.07, 6.45) is 7.53. The van der Waals surface area contributed by atoms with Crippen LogP contribution < -0.4 is 0 Å². The van der Waals surface area contributed by atoms with Crippen LogP contribution in [0.5, 0.6) is 0 Å². The highest BCUT2D eigenvalue weighted by atomic mass is 15.1. The van der Waals surface area contributed by atoms with E-state index in [1.165, 1.54) is 70.0 Å². The van der Waals surface area contributed by atoms with E-state index in [2.05, 4.69) is 209 Å². The quantitative estimate of drug-likeness (QED) is 0.148. The third kappa shape index (κ3) is 9.35. The summed E-state index contributed by atoms with van der Waals surface area (Å²) < 4.78 is 4.64. The fourth-order valence-corrected chi connectivity index (χ4v) is 13.6. The van der Waals surface area contributed by atoms with Gasteiger partial charge in [-0.2, -0.15) is 0 Å². The molecule has 10 heteroatoms. The van der Waals surface area contributed by atoms with Crippen molar-refractivity contribution in [1.82, 2.24) is 49.0 Å². The summed E-state index contributed by atoms with van der Waals surface area (Å²) in [6, 6.07) is 101. The molecule has 6 heterocycles. The molecule has 0 spiro atoms. The first kappa shape index (κ1) is 54.1. The molecule has 0 amide bonds. The summed E-state index contributed by atoms with van der Waals surface area (Å²) in [4.78, 5) is 39.3. The van der Waals surface area contributed by atoms with Crippen molar-refractivity contribution in [2.24, 2.45) is 0 Å². The molecule has 94 heavy (non-hydrogen) atoms. The lowest BCUT2D eigenvalue weighted by atomic mass is 10.00. The van der Waals surface area contributed by atoms with Crippen LogP contribution in [0.3, 0.4) is 0 Å². The average Bonchev–Trinajstić information content (AvgIpc) is 1.57. The Bertz CT molecular complexity index is 5940. The maximum Gasteiger partial charge on any atom is 0.165 e. The molecule has 0 aliphatic heterocycles. The van der Waals surface area contributed by atoms with Gasteiger partial charge in [-0.3, -0.25) is 9.97 Å². The normalized spacial score (nSPS) is 11.6. The number of nitrogens with zero attached hydrogens (tertiary/aromatic N) is 10. The van der Waals surface area contributed by atoms with Crippen LogP contribution in [0.2, 0.25) is 0 Å². The highest BCUT2D eigenvalue weighted by Gasteiger charge is 2.22. The molecule has 0 fully saturated rings. The van der Waals surface area contributed by atoms with Crippen LogP contribution in [0.4, 0.5) is 0 Å². The maximum atomic E-state index is 5.06. The summed E-state index contributed by atoms with van der Waals surface area (Å²) in [7, 11) is 0. The number of pyridine rings is 2. The average molecular weight is 1200 g/mol. The molecule has 0 saturated carbocycles. The molecule has 0 N–H and O–H groups in total. The predicted molar refractivity (Wildman–Crippen MR) is 384 cm³/mol. The molecule has 10 nitrogen and oxygen atoms in total. The van der Waals surface area contributed by atoms with Gasteiger partial charge in [0.15, 0.2) is 34.9 Å². The first-order chi connectivity index (χ1) is 46.6. The predicted octanol–water partition coefficient (Wildman–Crippen LogP) is 20.5. The maximum absolute atomic E-state index is 5.06. The van der Waals surface area contributed by atoms with E-state index in [1.807, 2.05) is 116 Å². The Labute approximate surface area is 539 Å². The Kier molecular flexibility index (Phi) is 13.0. The van der Waals surface area contributed by atoms with E-state index in [-0.39, 0.29) is 0 Å². The Morgan fingerprint density at radius 2 is 0.468 bits per heavy atom. The van der Waals surface area contributed by atoms with Crippen molar-refractivity contribution in [3.05, 3.63) is 316 Å². The third-order valence-corrected chi connectivity index (χ3v) is 17.9. The Morgan fingerprint density at radius 3 is 0.819 bits per heavy atom. The first-order valence-corrected chi connectivity index (χ1v) is 31.4. The minimum Gasteiger partial charge on any atom is -0.308 e. The zero-order chi connectivity index (χ0) is 62.1. The molecule has 0 radical (unpaired) electrons. The number of aromatic nitrogens is 10. The monoisotopic (exact) mass is 1200 g/mol. The molecule has 13 aromatic carbocycles. The lowest BCUT2D eigenvalue weighted by Crippen LogP contribution is -2.01. The van der Waals surface area contributed by atoms with Crippen molar-refractivity contribution < 1.29 is 0 Å². The van der Waals surface area contributed by atoms with Crippen molar-refractivity contribution in [3.8, 4) is 79.7 Å². The van der Waals surface area contributed by atoms with Gasteiger partial charge < -0.3 is 9.13 Å². The molecule has 438 valence electrons. The molecule has 6 aromatic heterocycles. The van der Waals surface area contributed by atoms with Crippen LogP contribution in [0.25, 0.3) is 177 Å². The smallest absolute Gasteiger partial charge is 0.165 e. The van der Waals surface area contributed by atoms with Crippen molar-refractivity contribution in [2.75, 3.05) is 0 Å². The van der Waals surface area contributed by atoms with Gasteiger partial charge in [0.2, 0.25) is 0 Å². The fourth-order valence-electron chi connectivity index (χ4n) is 13.6. The summed E-state index contributed by atoms with van der Waals surface area (Å²) in [5.74, 6) is 3.64. The Balaban J connectivity index is 0.000000138. The van der Waals surface area contributed by atoms with E-state index >= 15 is 0 Å². The summed E-state index contributed by atoms with van der Waals surface area (Å²) in [5, 5.41) is 17.1. The van der Waals surface area contributed by atoms with E-state index in [1.54, 1.807) is 0 Å². The second-order valence-corrected chi connectivity index (χ2v) is 23.5. The highest BCUT2D eigenvalue weighted by Crippen LogP contribution is 2.43. The zero-order valence-electron chi connectivity index (χ0n) is 50.5. The molecule has 0 atom stereocenters. The van der Waals surface area contributed by atoms with Gasteiger partial charge >= 0.3 is 0 Å². The zero-order valence-corrected chi connectivity index (χ0v) is 50.5. The van der Waals surface area contributed by atoms with Gasteiger partial charge in [-0.1, -0.05) is 249 Å². The topological polar surface area (TPSA) is 113 Å². The van der Waals surface area contributed by atoms with Crippen molar-refractivity contribution in [3.63, 3.8) is 0 Å². The van der Waals surface area contributed by atoms with E-state index in [0.29, 0.717) is 34.9 Å². The van der Waals surface area contributed by atoms with Crippen molar-refractivity contribution in [2.45, 2.75) is 0 Å². The molecule has 19 rings (SSSR count). The van der Waals surface area contributed by atoms with Gasteiger partial charge in [-0.15, -0.1) is 0 Å². The van der Waals surface area contributed by atoms with Gasteiger partial charge in [-0.05, 0) is 96.3 Å². The van der Waals surface area contributed by atoms with E-state index in [0.717, 1.165) is 72.2 Å². The second-order valence-electron chi connectivity index (χ2n) is 23.5. The molecule has 0 unspecified atom stereocenters. The van der Waals surface area contributed by atoms with Gasteiger partial charge in [-0.25, -0.2) is 29.9 Å². The van der Waals surface area contributed by atoms with Crippen LogP contribution in [-0.2, 0) is 0 Å². The second kappa shape index (κ2) is 22.5. The summed E-state index contributed by atoms with van der Waals surface area (Å²) in [5.41, 5.74) is 11.8. The van der Waals surface area contributed by atoms with Crippen molar-refractivity contribution >= 4 is 97.5 Å². The minimum atomic E-state index is 0.572. The number of fused-ring (bicyclic) bond motifs is 15. The standard InChI is InChI=1S/C44H27N5.C40H25N5/c1-2-13-31(14-3-1)42-46-43(33-19-18-28-10-4-5-15-32(28)24-33)48-44(47-42)34-25-35(27-45-26-34)49-38-22-20-29-11-6-8-16-36(29)40(38)41-37-17-9-7-12-30(37)21-23-39(41)49;1-3-13-28(14-4-1)38-42-39(29-15-5-2-6-16-29)44-40(43-38)30-23-31(25-41-24-30)45-34-21-19-26-11-7-9-17-32(26)36(34)37-33-18-10-8-12-27(33)20-22-35(37)45/h1-27H;1-25H. The van der Waals surface area contributed by atoms with Gasteiger partial charge in [0.05, 0.1) is 45.8 Å². The van der Waals surface area contributed by atoms with Crippen LogP contribution >= 0.6 is 0 Å². The van der Waals surface area contributed by atoms with Crippen LogP contribution in [0.15, 0.2) is 316 Å². The highest BCUT2D eigenvalue weighted by molar-refractivity contribution is 6.30. The fraction of sp³-hybridized carbons (Fsp3) is 0. The number of hydrogen-bond donors (Lipinski definition) is 0. The lowest BCUT2D eigenvalue weighted by Gasteiger charge is -2.11. The third-order valence-electron chi connectivity index (χ3n) is 17.9. The minimum absolute atomic E-state index is 0.572. The molecule has 0 saturated heterocycles. The first-order valence-electron chi connectivity index (χ1n) is 31.4. The van der Waals surface area contributed by atoms with Crippen LogP contribution in [-0.4, -0.2) is 49.0 Å². The van der Waals surface area contributed by atoms with Crippen LogP contribution in [0.1, 0.15) is 0 Å². The molecule has 0 bridgehead atoms. The lowest BCUT2D eigenvalue weighted by molar-refractivity contribution is 1.06. The number of rotatable bonds is 8. The van der Waals surface area contributed by atoms with E-state index < -0.39 is 0 Å². The Morgan fingerprint density at radius 1 is 0.191 bits per heavy atom. The number of hydrogen-bond acceptors (Lipinski definition) is 8. The van der Waals surface area contributed by atoms with Gasteiger partial charge in [0, 0.05) is 67.3 Å². The van der Waals surface area contributed by atoms with Gasteiger partial charge in [0.1, 0.15) is 0 Å². The molecule has 19 aromatic rings. The summed E-state index contributed by atoms with van der Waals surface area (Å²) in [6.45, 7) is 0. The molecule has 0 aliphatic carbocycles. The molecule has 0 aliphatic rings. The van der Waals surface area contributed by atoms with Gasteiger partial charge in [0.25, 0.3) is 0 Å².